The van der Waals surface area contributed by atoms with Gasteiger partial charge in [0.25, 0.3) is 0 Å². The minimum absolute atomic E-state index is 0.0306. The van der Waals surface area contributed by atoms with E-state index >= 15 is 0 Å². The predicted octanol–water partition coefficient (Wildman–Crippen LogP) is 9.42. The topological polar surface area (TPSA) is 94.2 Å². The number of halogens is 6. The lowest BCUT2D eigenvalue weighted by atomic mass is 9.72. The normalized spacial score (nSPS) is 20.8. The van der Waals surface area contributed by atoms with Gasteiger partial charge in [-0.2, -0.15) is 38.1 Å². The lowest BCUT2D eigenvalue weighted by Gasteiger charge is -2.52. The van der Waals surface area contributed by atoms with E-state index in [2.05, 4.69) is 20.5 Å². The summed E-state index contributed by atoms with van der Waals surface area (Å²) < 4.78 is 105. The summed E-state index contributed by atoms with van der Waals surface area (Å²) in [5.41, 5.74) is -2.29. The molecule has 304 valence electrons. The van der Waals surface area contributed by atoms with Gasteiger partial charge >= 0.3 is 27.2 Å². The minimum Gasteiger partial charge on any atom is -0.497 e. The molecule has 2 N–H and O–H groups in total. The molecule has 1 unspecified atom stereocenters. The third-order valence-corrected chi connectivity index (χ3v) is 14.5. The lowest BCUT2D eigenvalue weighted by Crippen LogP contribution is -2.58. The molecule has 6 rings (SSSR count). The highest BCUT2D eigenvalue weighted by atomic mass is 32.2. The Morgan fingerprint density at radius 2 is 1.64 bits per heavy atom. The van der Waals surface area contributed by atoms with Gasteiger partial charge in [-0.1, -0.05) is 0 Å². The SMILES string of the molecule is CCO[Si](CCCSCC[C@@H]1CN2CC[C@H]1C[C@H]2[C@@H](NC(=O)Nc1cc(C(F)(F)F)cc(C(F)(F)F)c1)c1ccnc2ccc(OC)cc12)(OCC)OCC. The van der Waals surface area contributed by atoms with Gasteiger partial charge in [-0.05, 0) is 124 Å². The summed E-state index contributed by atoms with van der Waals surface area (Å²) in [5, 5.41) is 5.93. The molecule has 17 heteroatoms. The number of amides is 2. The van der Waals surface area contributed by atoms with Gasteiger partial charge in [0.05, 0.1) is 29.8 Å². The van der Waals surface area contributed by atoms with Crippen LogP contribution in [0.2, 0.25) is 6.04 Å². The van der Waals surface area contributed by atoms with Crippen molar-refractivity contribution in [1.29, 1.82) is 0 Å². The Bertz CT molecular complexity index is 1690. The van der Waals surface area contributed by atoms with Crippen LogP contribution in [0.1, 0.15) is 69.2 Å². The summed E-state index contributed by atoms with van der Waals surface area (Å²) in [6, 6.07) is 7.18. The van der Waals surface area contributed by atoms with Gasteiger partial charge in [0.2, 0.25) is 0 Å². The Morgan fingerprint density at radius 1 is 0.964 bits per heavy atom. The standard InChI is InChI=1S/C38H50F6N4O5SSi/c1-5-51-55(52-6-2,53-7-3)18-8-16-54-17-13-26-24-48-15-12-25(26)19-34(48)35(31-11-14-45-33-10-9-30(50-4)23-32(31)33)47-36(49)46-29-21-27(37(39,40)41)20-28(22-29)38(42,43)44/h9-11,14,20-23,25-26,34-35H,5-8,12-13,15-19,24H2,1-4H3,(H2,46,47,49)/t25-,26+,34-,35-/m0/s1. The van der Waals surface area contributed by atoms with E-state index in [0.29, 0.717) is 60.4 Å². The zero-order valence-electron chi connectivity index (χ0n) is 31.5. The molecule has 0 aliphatic carbocycles. The number of carbonyl (C=O) groups is 1. The fourth-order valence-corrected chi connectivity index (χ4v) is 11.7. The van der Waals surface area contributed by atoms with Gasteiger partial charge < -0.3 is 28.6 Å². The lowest BCUT2D eigenvalue weighted by molar-refractivity contribution is -0.143. The first-order valence-electron chi connectivity index (χ1n) is 18.7. The molecule has 0 spiro atoms. The van der Waals surface area contributed by atoms with Crippen LogP contribution in [0.5, 0.6) is 5.75 Å². The van der Waals surface area contributed by atoms with E-state index in [1.54, 1.807) is 24.4 Å². The van der Waals surface area contributed by atoms with Crippen LogP contribution in [0.15, 0.2) is 48.7 Å². The fraction of sp³-hybridized carbons (Fsp3) is 0.579. The van der Waals surface area contributed by atoms with Crippen LogP contribution in [0.3, 0.4) is 0 Å². The maximum absolute atomic E-state index is 13.6. The van der Waals surface area contributed by atoms with Crippen molar-refractivity contribution in [2.24, 2.45) is 11.8 Å². The summed E-state index contributed by atoms with van der Waals surface area (Å²) in [4.78, 5) is 20.5. The smallest absolute Gasteiger partial charge is 0.497 e. The largest absolute Gasteiger partial charge is 0.500 e. The number of hydrogen-bond donors (Lipinski definition) is 2. The van der Waals surface area contributed by atoms with Crippen LogP contribution in [0.4, 0.5) is 36.8 Å². The molecule has 0 radical (unpaired) electrons. The van der Waals surface area contributed by atoms with E-state index in [9.17, 15) is 31.1 Å². The van der Waals surface area contributed by atoms with Gasteiger partial charge in [-0.15, -0.1) is 0 Å². The van der Waals surface area contributed by atoms with Crippen LogP contribution < -0.4 is 15.4 Å². The summed E-state index contributed by atoms with van der Waals surface area (Å²) in [6.07, 6.45) is -4.79. The first-order chi connectivity index (χ1) is 26.2. The highest BCUT2D eigenvalue weighted by molar-refractivity contribution is 7.99. The highest BCUT2D eigenvalue weighted by Crippen LogP contribution is 2.44. The molecule has 5 atom stereocenters. The van der Waals surface area contributed by atoms with Crippen LogP contribution in [0, 0.1) is 11.8 Å². The molecule has 3 aromatic rings. The highest BCUT2D eigenvalue weighted by Gasteiger charge is 2.45. The second kappa shape index (κ2) is 18.9. The monoisotopic (exact) mass is 816 g/mol. The molecule has 2 bridgehead atoms. The van der Waals surface area contributed by atoms with Gasteiger partial charge in [0, 0.05) is 55.7 Å². The summed E-state index contributed by atoms with van der Waals surface area (Å²) in [5.74, 6) is 3.33. The molecule has 3 saturated heterocycles. The second-order valence-electron chi connectivity index (χ2n) is 13.7. The number of anilines is 1. The summed E-state index contributed by atoms with van der Waals surface area (Å²) >= 11 is 1.90. The molecule has 3 aliphatic heterocycles. The number of nitrogens with zero attached hydrogens (tertiary/aromatic N) is 2. The van der Waals surface area contributed by atoms with Crippen molar-refractivity contribution in [3.63, 3.8) is 0 Å². The van der Waals surface area contributed by atoms with E-state index in [0.717, 1.165) is 61.9 Å². The Hall–Kier alpha value is -3.09. The minimum atomic E-state index is -5.06. The zero-order valence-corrected chi connectivity index (χ0v) is 33.3. The molecular formula is C38H50F6N4O5SSi. The van der Waals surface area contributed by atoms with Crippen molar-refractivity contribution in [2.75, 3.05) is 56.8 Å². The molecule has 9 nitrogen and oxygen atoms in total. The van der Waals surface area contributed by atoms with Crippen LogP contribution in [-0.4, -0.2) is 82.3 Å². The van der Waals surface area contributed by atoms with Crippen LogP contribution in [-0.2, 0) is 25.6 Å². The maximum Gasteiger partial charge on any atom is 0.500 e. The van der Waals surface area contributed by atoms with Crippen LogP contribution >= 0.6 is 11.8 Å². The number of ether oxygens (including phenoxy) is 1. The maximum atomic E-state index is 13.6. The number of aromatic nitrogens is 1. The van der Waals surface area contributed by atoms with Crippen molar-refractivity contribution >= 4 is 43.2 Å². The first kappa shape index (κ1) is 43.0. The number of nitrogens with one attached hydrogen (secondary N) is 2. The number of hydrogen-bond acceptors (Lipinski definition) is 8. The van der Waals surface area contributed by atoms with E-state index in [1.807, 2.05) is 38.6 Å². The van der Waals surface area contributed by atoms with Crippen molar-refractivity contribution in [1.82, 2.24) is 15.2 Å². The Labute approximate surface area is 323 Å². The number of thioether (sulfide) groups is 1. The van der Waals surface area contributed by atoms with E-state index in [4.69, 9.17) is 18.0 Å². The fourth-order valence-electron chi connectivity index (χ4n) is 7.84. The van der Waals surface area contributed by atoms with E-state index in [-0.39, 0.29) is 12.1 Å². The molecule has 4 heterocycles. The number of pyridine rings is 1. The number of alkyl halides is 6. The summed E-state index contributed by atoms with van der Waals surface area (Å²) in [6.45, 7) is 9.10. The third-order valence-electron chi connectivity index (χ3n) is 10.3. The van der Waals surface area contributed by atoms with Gasteiger partial charge in [0.1, 0.15) is 5.75 Å². The molecule has 1 aromatic heterocycles. The Morgan fingerprint density at radius 3 is 2.22 bits per heavy atom. The quantitative estimate of drug-likeness (QED) is 0.0746. The van der Waals surface area contributed by atoms with Crippen LogP contribution in [0.25, 0.3) is 10.9 Å². The summed E-state index contributed by atoms with van der Waals surface area (Å²) in [7, 11) is -1.14. The van der Waals surface area contributed by atoms with Crippen molar-refractivity contribution in [3.05, 3.63) is 65.4 Å². The first-order valence-corrected chi connectivity index (χ1v) is 21.8. The average molecular weight is 817 g/mol. The molecule has 0 saturated carbocycles. The molecule has 3 aliphatic rings. The molecule has 2 aromatic carbocycles. The number of urea groups is 1. The van der Waals surface area contributed by atoms with Gasteiger partial charge in [0.15, 0.2) is 0 Å². The zero-order chi connectivity index (χ0) is 39.8. The molecule has 2 amide bonds. The third kappa shape index (κ3) is 11.1. The number of carbonyl (C=O) groups excluding carboxylic acids is 1. The predicted molar refractivity (Wildman–Crippen MR) is 203 cm³/mol. The average Bonchev–Trinajstić information content (AvgIpc) is 3.14. The Balaban J connectivity index is 1.31. The number of fused-ring (bicyclic) bond motifs is 4. The Kier molecular flexibility index (Phi) is 14.8. The number of benzene rings is 2. The van der Waals surface area contributed by atoms with Crippen molar-refractivity contribution in [3.8, 4) is 5.75 Å². The molecular weight excluding hydrogens is 767 g/mol. The molecule has 3 fully saturated rings. The van der Waals surface area contributed by atoms with Crippen molar-refractivity contribution < 1.29 is 49.2 Å². The van der Waals surface area contributed by atoms with Crippen molar-refractivity contribution in [2.45, 2.75) is 76.9 Å². The van der Waals surface area contributed by atoms with Gasteiger partial charge in [-0.3, -0.25) is 9.88 Å². The van der Waals surface area contributed by atoms with Gasteiger partial charge in [-0.25, -0.2) is 4.79 Å². The second-order valence-corrected chi connectivity index (χ2v) is 17.7. The molecule has 55 heavy (non-hydrogen) atoms. The van der Waals surface area contributed by atoms with E-state index < -0.39 is 50.0 Å². The number of piperidine rings is 3. The number of rotatable bonds is 18. The number of methoxy groups -OCH3 is 1. The van der Waals surface area contributed by atoms with E-state index in [1.165, 1.54) is 7.11 Å².